The monoisotopic (exact) mass is 479 g/mol. The first-order valence-electron chi connectivity index (χ1n) is 12.6. The third-order valence-corrected chi connectivity index (χ3v) is 7.47. The van der Waals surface area contributed by atoms with Gasteiger partial charge < -0.3 is 25.0 Å². The van der Waals surface area contributed by atoms with Crippen LogP contribution in [0.5, 0.6) is 11.5 Å². The fourth-order valence-corrected chi connectivity index (χ4v) is 5.15. The number of carbonyl (C=O) groups excluding carboxylic acids is 2. The highest BCUT2D eigenvalue weighted by Crippen LogP contribution is 2.33. The van der Waals surface area contributed by atoms with Gasteiger partial charge in [-0.15, -0.1) is 0 Å². The molecule has 0 radical (unpaired) electrons. The Balaban J connectivity index is 1.46. The van der Waals surface area contributed by atoms with Gasteiger partial charge in [0.2, 0.25) is 5.91 Å². The van der Waals surface area contributed by atoms with Crippen LogP contribution < -0.4 is 20.1 Å². The van der Waals surface area contributed by atoms with Crippen LogP contribution in [-0.4, -0.2) is 43.6 Å². The molecule has 4 rings (SSSR count). The fourth-order valence-electron chi connectivity index (χ4n) is 5.15. The number of hydrogen-bond donors (Lipinski definition) is 2. The maximum absolute atomic E-state index is 13.4. The summed E-state index contributed by atoms with van der Waals surface area (Å²) in [6, 6.07) is 11.4. The van der Waals surface area contributed by atoms with Crippen molar-refractivity contribution in [2.24, 2.45) is 5.92 Å². The Labute approximate surface area is 208 Å². The molecule has 1 heterocycles. The molecule has 3 amide bonds. The first-order chi connectivity index (χ1) is 16.9. The molecule has 2 aromatic carbocycles. The number of carbonyl (C=O) groups is 2. The second-order valence-electron chi connectivity index (χ2n) is 9.61. The molecule has 1 aliphatic carbocycles. The molecule has 2 aromatic rings. The summed E-state index contributed by atoms with van der Waals surface area (Å²) < 4.78 is 10.9. The number of hydrogen-bond acceptors (Lipinski definition) is 4. The third kappa shape index (κ3) is 5.39. The summed E-state index contributed by atoms with van der Waals surface area (Å²) in [5.41, 5.74) is 4.68. The molecule has 0 aromatic heterocycles. The van der Waals surface area contributed by atoms with Gasteiger partial charge in [-0.3, -0.25) is 4.79 Å². The number of urea groups is 1. The second-order valence-corrected chi connectivity index (χ2v) is 9.61. The van der Waals surface area contributed by atoms with Gasteiger partial charge in [0.05, 0.1) is 20.3 Å². The zero-order valence-corrected chi connectivity index (χ0v) is 21.2. The lowest BCUT2D eigenvalue weighted by Crippen LogP contribution is -2.55. The standard InChI is InChI=1S/C28H37N3O4/c1-5-18(2)26(27(32)29-23-12-8-10-19-9-6-7-11-22(19)23)30-28(33)31-14-13-20-15-24(34-3)25(35-4)16-21(20)17-31/h6-7,9,11,15-16,18,23,26H,5,8,10,12-14,17H2,1-4H3,(H,29,32)(H,30,33)/t18-,23+,26+/m1/s1. The van der Waals surface area contributed by atoms with E-state index in [1.807, 2.05) is 38.1 Å². The number of nitrogens with one attached hydrogen (secondary N) is 2. The van der Waals surface area contributed by atoms with Crippen LogP contribution >= 0.6 is 0 Å². The van der Waals surface area contributed by atoms with Crippen molar-refractivity contribution in [2.75, 3.05) is 20.8 Å². The molecule has 0 unspecified atom stereocenters. The number of nitrogens with zero attached hydrogens (tertiary/aromatic N) is 1. The van der Waals surface area contributed by atoms with Crippen molar-refractivity contribution in [3.8, 4) is 11.5 Å². The van der Waals surface area contributed by atoms with Gasteiger partial charge >= 0.3 is 6.03 Å². The van der Waals surface area contributed by atoms with Crippen LogP contribution in [0.1, 0.15) is 61.4 Å². The second kappa shape index (κ2) is 11.0. The van der Waals surface area contributed by atoms with E-state index in [-0.39, 0.29) is 23.9 Å². The lowest BCUT2D eigenvalue weighted by atomic mass is 9.87. The summed E-state index contributed by atoms with van der Waals surface area (Å²) >= 11 is 0. The SMILES string of the molecule is CC[C@@H](C)[C@H](NC(=O)N1CCc2cc(OC)c(OC)cc2C1)C(=O)N[C@H]1CCCc2ccccc21. The number of fused-ring (bicyclic) bond motifs is 2. The normalized spacial score (nSPS) is 18.5. The van der Waals surface area contributed by atoms with Gasteiger partial charge in [-0.1, -0.05) is 44.5 Å². The molecule has 0 spiro atoms. The fraction of sp³-hybridized carbons (Fsp3) is 0.500. The Morgan fingerprint density at radius 2 is 1.77 bits per heavy atom. The van der Waals surface area contributed by atoms with Crippen molar-refractivity contribution in [1.82, 2.24) is 15.5 Å². The summed E-state index contributed by atoms with van der Waals surface area (Å²) in [4.78, 5) is 28.5. The minimum atomic E-state index is -0.589. The van der Waals surface area contributed by atoms with Gasteiger partial charge in [0.15, 0.2) is 11.5 Å². The van der Waals surface area contributed by atoms with E-state index in [2.05, 4.69) is 22.8 Å². The van der Waals surface area contributed by atoms with Crippen molar-refractivity contribution in [3.63, 3.8) is 0 Å². The van der Waals surface area contributed by atoms with E-state index in [1.54, 1.807) is 19.1 Å². The Kier molecular flexibility index (Phi) is 7.83. The van der Waals surface area contributed by atoms with E-state index in [9.17, 15) is 9.59 Å². The first-order valence-corrected chi connectivity index (χ1v) is 12.6. The molecule has 2 aliphatic rings. The van der Waals surface area contributed by atoms with E-state index in [0.717, 1.165) is 43.2 Å². The van der Waals surface area contributed by atoms with Gasteiger partial charge in [-0.05, 0) is 66.0 Å². The Bertz CT molecular complexity index is 1070. The maximum atomic E-state index is 13.4. The van der Waals surface area contributed by atoms with E-state index < -0.39 is 6.04 Å². The highest BCUT2D eigenvalue weighted by molar-refractivity contribution is 5.87. The topological polar surface area (TPSA) is 79.9 Å². The number of ether oxygens (including phenoxy) is 2. The van der Waals surface area contributed by atoms with Crippen molar-refractivity contribution in [3.05, 3.63) is 58.7 Å². The van der Waals surface area contributed by atoms with Gasteiger partial charge in [-0.2, -0.15) is 0 Å². The van der Waals surface area contributed by atoms with Crippen molar-refractivity contribution in [1.29, 1.82) is 0 Å². The number of amides is 3. The first kappa shape index (κ1) is 24.9. The molecule has 0 saturated carbocycles. The maximum Gasteiger partial charge on any atom is 0.318 e. The average Bonchev–Trinajstić information content (AvgIpc) is 2.90. The Morgan fingerprint density at radius 1 is 1.06 bits per heavy atom. The number of methoxy groups -OCH3 is 2. The highest BCUT2D eigenvalue weighted by atomic mass is 16.5. The zero-order valence-electron chi connectivity index (χ0n) is 21.2. The number of benzene rings is 2. The summed E-state index contributed by atoms with van der Waals surface area (Å²) in [5, 5.41) is 6.29. The Hall–Kier alpha value is -3.22. The molecule has 1 aliphatic heterocycles. The Morgan fingerprint density at radius 3 is 2.49 bits per heavy atom. The van der Waals surface area contributed by atoms with Crippen LogP contribution in [-0.2, 0) is 24.2 Å². The third-order valence-electron chi connectivity index (χ3n) is 7.47. The summed E-state index contributed by atoms with van der Waals surface area (Å²) in [6.45, 7) is 5.11. The van der Waals surface area contributed by atoms with Gasteiger partial charge in [0.1, 0.15) is 6.04 Å². The largest absolute Gasteiger partial charge is 0.493 e. The lowest BCUT2D eigenvalue weighted by molar-refractivity contribution is -0.125. The molecule has 0 bridgehead atoms. The molecular formula is C28H37N3O4. The molecule has 35 heavy (non-hydrogen) atoms. The highest BCUT2D eigenvalue weighted by Gasteiger charge is 2.32. The van der Waals surface area contributed by atoms with Crippen LogP contribution in [0.25, 0.3) is 0 Å². The molecule has 0 fully saturated rings. The minimum absolute atomic E-state index is 0.0132. The van der Waals surface area contributed by atoms with E-state index in [0.29, 0.717) is 24.6 Å². The molecule has 0 saturated heterocycles. The van der Waals surface area contributed by atoms with Crippen LogP contribution in [0.3, 0.4) is 0 Å². The van der Waals surface area contributed by atoms with Crippen molar-refractivity contribution < 1.29 is 19.1 Å². The van der Waals surface area contributed by atoms with Crippen molar-refractivity contribution >= 4 is 11.9 Å². The summed E-state index contributed by atoms with van der Waals surface area (Å²) in [6.07, 6.45) is 4.52. The molecule has 188 valence electrons. The molecule has 7 heteroatoms. The quantitative estimate of drug-likeness (QED) is 0.618. The van der Waals surface area contributed by atoms with Crippen LogP contribution in [0.4, 0.5) is 4.79 Å². The van der Waals surface area contributed by atoms with E-state index in [1.165, 1.54) is 11.1 Å². The molecule has 2 N–H and O–H groups in total. The van der Waals surface area contributed by atoms with Gasteiger partial charge in [-0.25, -0.2) is 4.79 Å². The van der Waals surface area contributed by atoms with Crippen molar-refractivity contribution in [2.45, 2.75) is 64.6 Å². The van der Waals surface area contributed by atoms with Crippen LogP contribution in [0.15, 0.2) is 36.4 Å². The van der Waals surface area contributed by atoms with E-state index in [4.69, 9.17) is 9.47 Å². The number of rotatable bonds is 7. The number of aryl methyl sites for hydroxylation is 1. The van der Waals surface area contributed by atoms with Gasteiger partial charge in [0, 0.05) is 13.1 Å². The molecular weight excluding hydrogens is 442 g/mol. The average molecular weight is 480 g/mol. The summed E-state index contributed by atoms with van der Waals surface area (Å²) in [5.74, 6) is 1.25. The molecule has 3 atom stereocenters. The van der Waals surface area contributed by atoms with E-state index >= 15 is 0 Å². The lowest BCUT2D eigenvalue weighted by Gasteiger charge is -2.33. The summed E-state index contributed by atoms with van der Waals surface area (Å²) in [7, 11) is 3.23. The molecule has 7 nitrogen and oxygen atoms in total. The van der Waals surface area contributed by atoms with Crippen LogP contribution in [0.2, 0.25) is 0 Å². The van der Waals surface area contributed by atoms with Crippen LogP contribution in [0, 0.1) is 5.92 Å². The zero-order chi connectivity index (χ0) is 24.9. The minimum Gasteiger partial charge on any atom is -0.493 e. The predicted octanol–water partition coefficient (Wildman–Crippen LogP) is 4.38. The smallest absolute Gasteiger partial charge is 0.318 e. The van der Waals surface area contributed by atoms with Gasteiger partial charge in [0.25, 0.3) is 0 Å². The predicted molar refractivity (Wildman–Crippen MR) is 136 cm³/mol.